The Labute approximate surface area is 102 Å². The van der Waals surface area contributed by atoms with E-state index in [0.29, 0.717) is 0 Å². The van der Waals surface area contributed by atoms with Gasteiger partial charge in [-0.2, -0.15) is 0 Å². The highest BCUT2D eigenvalue weighted by molar-refractivity contribution is 6.30. The van der Waals surface area contributed by atoms with Crippen LogP contribution in [0.4, 0.5) is 14.9 Å². The van der Waals surface area contributed by atoms with Crippen LogP contribution in [-0.2, 0) is 4.79 Å². The molecule has 0 bridgehead atoms. The van der Waals surface area contributed by atoms with Crippen molar-refractivity contribution in [2.24, 2.45) is 0 Å². The first-order chi connectivity index (χ1) is 8.02. The van der Waals surface area contributed by atoms with E-state index < -0.39 is 17.8 Å². The SMILES string of the molecule is CNC(=O)NC(=O)CNc1ccc(Cl)cc1F. The number of urea groups is 1. The molecule has 17 heavy (non-hydrogen) atoms. The molecule has 92 valence electrons. The molecule has 0 atom stereocenters. The summed E-state index contributed by atoms with van der Waals surface area (Å²) in [7, 11) is 1.38. The summed E-state index contributed by atoms with van der Waals surface area (Å²) in [5.41, 5.74) is 0.140. The zero-order valence-electron chi connectivity index (χ0n) is 9.01. The van der Waals surface area contributed by atoms with Crippen molar-refractivity contribution < 1.29 is 14.0 Å². The first-order valence-corrected chi connectivity index (χ1v) is 5.11. The van der Waals surface area contributed by atoms with Crippen LogP contribution in [0.1, 0.15) is 0 Å². The third kappa shape index (κ3) is 4.28. The number of hydrogen-bond donors (Lipinski definition) is 3. The molecule has 3 amide bonds. The molecule has 0 aliphatic heterocycles. The fourth-order valence-corrected chi connectivity index (χ4v) is 1.20. The van der Waals surface area contributed by atoms with Crippen LogP contribution in [0.3, 0.4) is 0 Å². The van der Waals surface area contributed by atoms with Crippen LogP contribution >= 0.6 is 11.6 Å². The number of nitrogens with one attached hydrogen (secondary N) is 3. The van der Waals surface area contributed by atoms with Crippen molar-refractivity contribution in [3.63, 3.8) is 0 Å². The van der Waals surface area contributed by atoms with E-state index in [4.69, 9.17) is 11.6 Å². The van der Waals surface area contributed by atoms with E-state index in [9.17, 15) is 14.0 Å². The number of benzene rings is 1. The van der Waals surface area contributed by atoms with E-state index in [1.165, 1.54) is 19.2 Å². The minimum atomic E-state index is -0.617. The summed E-state index contributed by atoms with van der Waals surface area (Å²) in [6.07, 6.45) is 0. The molecule has 3 N–H and O–H groups in total. The lowest BCUT2D eigenvalue weighted by Crippen LogP contribution is -2.40. The van der Waals surface area contributed by atoms with E-state index in [2.05, 4.69) is 10.6 Å². The summed E-state index contributed by atoms with van der Waals surface area (Å²) in [6.45, 7) is -0.216. The van der Waals surface area contributed by atoms with Crippen LogP contribution in [0.15, 0.2) is 18.2 Å². The predicted octanol–water partition coefficient (Wildman–Crippen LogP) is 1.35. The molecule has 0 saturated carbocycles. The number of amides is 3. The number of anilines is 1. The largest absolute Gasteiger partial charge is 0.374 e. The van der Waals surface area contributed by atoms with Gasteiger partial charge in [0, 0.05) is 12.1 Å². The van der Waals surface area contributed by atoms with Crippen molar-refractivity contribution in [2.75, 3.05) is 18.9 Å². The predicted molar refractivity (Wildman–Crippen MR) is 62.5 cm³/mol. The summed E-state index contributed by atoms with van der Waals surface area (Å²) in [6, 6.07) is 3.41. The topological polar surface area (TPSA) is 70.2 Å². The minimum absolute atomic E-state index is 0.140. The van der Waals surface area contributed by atoms with Gasteiger partial charge in [0.25, 0.3) is 0 Å². The molecule has 0 aliphatic carbocycles. The smallest absolute Gasteiger partial charge is 0.321 e. The molecule has 1 rings (SSSR count). The van der Waals surface area contributed by atoms with Gasteiger partial charge in [0.05, 0.1) is 12.2 Å². The Kier molecular flexibility index (Phi) is 4.71. The van der Waals surface area contributed by atoms with Gasteiger partial charge < -0.3 is 10.6 Å². The van der Waals surface area contributed by atoms with Crippen molar-refractivity contribution in [3.8, 4) is 0 Å². The molecule has 0 spiro atoms. The summed E-state index contributed by atoms with van der Waals surface area (Å²) in [5.74, 6) is -1.14. The Bertz CT molecular complexity index is 440. The Balaban J connectivity index is 2.50. The Morgan fingerprint density at radius 1 is 1.41 bits per heavy atom. The highest BCUT2D eigenvalue weighted by Crippen LogP contribution is 2.18. The van der Waals surface area contributed by atoms with Crippen LogP contribution in [-0.4, -0.2) is 25.5 Å². The average molecular weight is 260 g/mol. The quantitative estimate of drug-likeness (QED) is 0.767. The maximum Gasteiger partial charge on any atom is 0.321 e. The van der Waals surface area contributed by atoms with Gasteiger partial charge in [0.2, 0.25) is 5.91 Å². The molecule has 1 aromatic carbocycles. The number of carbonyl (C=O) groups is 2. The molecule has 0 radical (unpaired) electrons. The minimum Gasteiger partial charge on any atom is -0.374 e. The molecule has 0 saturated heterocycles. The maximum atomic E-state index is 13.3. The number of rotatable bonds is 3. The highest BCUT2D eigenvalue weighted by atomic mass is 35.5. The third-order valence-electron chi connectivity index (χ3n) is 1.85. The summed E-state index contributed by atoms with van der Waals surface area (Å²) in [5, 5.41) is 7.06. The van der Waals surface area contributed by atoms with Gasteiger partial charge in [-0.3, -0.25) is 10.1 Å². The maximum absolute atomic E-state index is 13.3. The molecule has 7 heteroatoms. The van der Waals surface area contributed by atoms with Gasteiger partial charge >= 0.3 is 6.03 Å². The van der Waals surface area contributed by atoms with Gasteiger partial charge in [-0.05, 0) is 18.2 Å². The van der Waals surface area contributed by atoms with Gasteiger partial charge in [-0.15, -0.1) is 0 Å². The number of carbonyl (C=O) groups excluding carboxylic acids is 2. The molecule has 0 unspecified atom stereocenters. The van der Waals surface area contributed by atoms with Crippen molar-refractivity contribution in [3.05, 3.63) is 29.0 Å². The fourth-order valence-electron chi connectivity index (χ4n) is 1.04. The lowest BCUT2D eigenvalue weighted by molar-refractivity contribution is -0.118. The second kappa shape index (κ2) is 6.05. The summed E-state index contributed by atoms with van der Waals surface area (Å²) in [4.78, 5) is 22.0. The number of imide groups is 1. The second-order valence-electron chi connectivity index (χ2n) is 3.11. The second-order valence-corrected chi connectivity index (χ2v) is 3.54. The van der Waals surface area contributed by atoms with Gasteiger partial charge in [-0.25, -0.2) is 9.18 Å². The van der Waals surface area contributed by atoms with Gasteiger partial charge in [0.15, 0.2) is 0 Å². The fraction of sp³-hybridized carbons (Fsp3) is 0.200. The molecule has 1 aromatic rings. The summed E-state index contributed by atoms with van der Waals surface area (Å²) >= 11 is 5.57. The molecule has 0 fully saturated rings. The van der Waals surface area contributed by atoms with E-state index in [1.807, 2.05) is 5.32 Å². The molecule has 5 nitrogen and oxygen atoms in total. The van der Waals surface area contributed by atoms with E-state index >= 15 is 0 Å². The zero-order valence-corrected chi connectivity index (χ0v) is 9.77. The first kappa shape index (κ1) is 13.2. The molecular weight excluding hydrogens is 249 g/mol. The summed E-state index contributed by atoms with van der Waals surface area (Å²) < 4.78 is 13.3. The number of halogens is 2. The Hall–Kier alpha value is -1.82. The third-order valence-corrected chi connectivity index (χ3v) is 2.09. The Morgan fingerprint density at radius 3 is 2.71 bits per heavy atom. The molecule has 0 heterocycles. The van der Waals surface area contributed by atoms with Crippen molar-refractivity contribution in [1.29, 1.82) is 0 Å². The zero-order chi connectivity index (χ0) is 12.8. The van der Waals surface area contributed by atoms with Gasteiger partial charge in [0.1, 0.15) is 5.82 Å². The van der Waals surface area contributed by atoms with E-state index in [1.54, 1.807) is 0 Å². The average Bonchev–Trinajstić information content (AvgIpc) is 2.27. The van der Waals surface area contributed by atoms with Crippen molar-refractivity contribution >= 4 is 29.2 Å². The van der Waals surface area contributed by atoms with Crippen LogP contribution in [0, 0.1) is 5.82 Å². The lowest BCUT2D eigenvalue weighted by Gasteiger charge is -2.07. The molecule has 0 aliphatic rings. The normalized spacial score (nSPS) is 9.59. The first-order valence-electron chi connectivity index (χ1n) is 4.73. The highest BCUT2D eigenvalue weighted by Gasteiger charge is 2.07. The van der Waals surface area contributed by atoms with E-state index in [-0.39, 0.29) is 17.3 Å². The number of hydrogen-bond acceptors (Lipinski definition) is 3. The van der Waals surface area contributed by atoms with Crippen LogP contribution in [0.5, 0.6) is 0 Å². The molecular formula is C10H11ClFN3O2. The van der Waals surface area contributed by atoms with Gasteiger partial charge in [-0.1, -0.05) is 11.6 Å². The van der Waals surface area contributed by atoms with E-state index in [0.717, 1.165) is 6.07 Å². The van der Waals surface area contributed by atoms with Crippen LogP contribution in [0.25, 0.3) is 0 Å². The van der Waals surface area contributed by atoms with Crippen molar-refractivity contribution in [1.82, 2.24) is 10.6 Å². The van der Waals surface area contributed by atoms with Crippen LogP contribution < -0.4 is 16.0 Å². The Morgan fingerprint density at radius 2 is 2.12 bits per heavy atom. The molecule has 0 aromatic heterocycles. The standard InChI is InChI=1S/C10H11ClFN3O2/c1-13-10(17)15-9(16)5-14-8-3-2-6(11)4-7(8)12/h2-4,14H,5H2,1H3,(H2,13,15,16,17). The van der Waals surface area contributed by atoms with Crippen molar-refractivity contribution in [2.45, 2.75) is 0 Å². The lowest BCUT2D eigenvalue weighted by atomic mass is 10.3. The van der Waals surface area contributed by atoms with Crippen LogP contribution in [0.2, 0.25) is 5.02 Å². The monoisotopic (exact) mass is 259 g/mol.